The van der Waals surface area contributed by atoms with E-state index in [2.05, 4.69) is 27.7 Å². The van der Waals surface area contributed by atoms with Crippen molar-refractivity contribution in [2.75, 3.05) is 0 Å². The van der Waals surface area contributed by atoms with Gasteiger partial charge in [-0.2, -0.15) is 0 Å². The van der Waals surface area contributed by atoms with Crippen LogP contribution >= 0.6 is 0 Å². The molecule has 2 saturated carbocycles. The van der Waals surface area contributed by atoms with Crippen molar-refractivity contribution in [2.24, 2.45) is 22.7 Å². The number of hydrogen-bond acceptors (Lipinski definition) is 1. The van der Waals surface area contributed by atoms with Gasteiger partial charge in [0.2, 0.25) is 0 Å². The molecule has 1 heteroatoms. The van der Waals surface area contributed by atoms with Gasteiger partial charge in [-0.05, 0) is 35.5 Å². The number of aliphatic hydroxyl groups is 1. The van der Waals surface area contributed by atoms with Gasteiger partial charge in [-0.15, -0.1) is 0 Å². The van der Waals surface area contributed by atoms with Crippen LogP contribution in [-0.4, -0.2) is 11.2 Å². The van der Waals surface area contributed by atoms with E-state index in [0.29, 0.717) is 22.7 Å². The summed E-state index contributed by atoms with van der Waals surface area (Å²) in [6.07, 6.45) is 7.86. The molecule has 0 spiro atoms. The van der Waals surface area contributed by atoms with E-state index >= 15 is 0 Å². The second-order valence-electron chi connectivity index (χ2n) is 7.16. The van der Waals surface area contributed by atoms with E-state index < -0.39 is 0 Å². The molecule has 0 aromatic rings. The van der Waals surface area contributed by atoms with Crippen molar-refractivity contribution in [3.8, 4) is 0 Å². The SMILES string of the molecule is CC1(C)C(C(O)C2CCCCCC2)C1(C)C. The van der Waals surface area contributed by atoms with Crippen molar-refractivity contribution in [1.82, 2.24) is 0 Å². The highest BCUT2D eigenvalue weighted by Crippen LogP contribution is 2.70. The summed E-state index contributed by atoms with van der Waals surface area (Å²) in [6.45, 7) is 9.27. The maximum Gasteiger partial charge on any atom is 0.0607 e. The van der Waals surface area contributed by atoms with Gasteiger partial charge < -0.3 is 5.11 Å². The second-order valence-corrected chi connectivity index (χ2v) is 7.16. The van der Waals surface area contributed by atoms with Crippen LogP contribution in [0.4, 0.5) is 0 Å². The van der Waals surface area contributed by atoms with Gasteiger partial charge in [-0.25, -0.2) is 0 Å². The van der Waals surface area contributed by atoms with Gasteiger partial charge >= 0.3 is 0 Å². The largest absolute Gasteiger partial charge is 0.393 e. The van der Waals surface area contributed by atoms with E-state index in [1.165, 1.54) is 38.5 Å². The van der Waals surface area contributed by atoms with E-state index in [1.54, 1.807) is 0 Å². The van der Waals surface area contributed by atoms with Crippen molar-refractivity contribution >= 4 is 0 Å². The Morgan fingerprint density at radius 2 is 1.31 bits per heavy atom. The third-order valence-corrected chi connectivity index (χ3v) is 5.86. The fourth-order valence-electron chi connectivity index (χ4n) is 4.03. The minimum Gasteiger partial charge on any atom is -0.393 e. The molecule has 16 heavy (non-hydrogen) atoms. The first-order valence-corrected chi connectivity index (χ1v) is 7.07. The molecule has 2 fully saturated rings. The van der Waals surface area contributed by atoms with Gasteiger partial charge in [-0.3, -0.25) is 0 Å². The number of aliphatic hydroxyl groups excluding tert-OH is 1. The molecule has 0 bridgehead atoms. The molecule has 94 valence electrons. The second kappa shape index (κ2) is 4.01. The number of rotatable bonds is 2. The molecule has 1 nitrogen and oxygen atoms in total. The Labute approximate surface area is 101 Å². The Morgan fingerprint density at radius 3 is 1.69 bits per heavy atom. The van der Waals surface area contributed by atoms with Gasteiger partial charge in [0.25, 0.3) is 0 Å². The predicted molar refractivity (Wildman–Crippen MR) is 68.3 cm³/mol. The first-order chi connectivity index (χ1) is 7.39. The monoisotopic (exact) mass is 224 g/mol. The Bertz CT molecular complexity index is 232. The standard InChI is InChI=1S/C15H28O/c1-14(2)13(15(14,3)4)12(16)11-9-7-5-6-8-10-11/h11-13,16H,5-10H2,1-4H3. The maximum atomic E-state index is 10.6. The maximum absolute atomic E-state index is 10.6. The van der Waals surface area contributed by atoms with Crippen LogP contribution in [0.15, 0.2) is 0 Å². The average molecular weight is 224 g/mol. The lowest BCUT2D eigenvalue weighted by atomic mass is 9.88. The lowest BCUT2D eigenvalue weighted by Gasteiger charge is -2.23. The highest BCUT2D eigenvalue weighted by Gasteiger charge is 2.67. The van der Waals surface area contributed by atoms with Crippen molar-refractivity contribution in [1.29, 1.82) is 0 Å². The fourth-order valence-corrected chi connectivity index (χ4v) is 4.03. The molecule has 2 rings (SSSR count). The van der Waals surface area contributed by atoms with Crippen LogP contribution in [0.25, 0.3) is 0 Å². The molecule has 0 aliphatic heterocycles. The minimum absolute atomic E-state index is 0.0527. The van der Waals surface area contributed by atoms with Crippen molar-refractivity contribution in [3.05, 3.63) is 0 Å². The lowest BCUT2D eigenvalue weighted by molar-refractivity contribution is 0.0607. The highest BCUT2D eigenvalue weighted by atomic mass is 16.3. The molecule has 0 amide bonds. The summed E-state index contributed by atoms with van der Waals surface area (Å²) in [6, 6.07) is 0. The zero-order valence-electron chi connectivity index (χ0n) is 11.4. The highest BCUT2D eigenvalue weighted by molar-refractivity contribution is 5.15. The van der Waals surface area contributed by atoms with Crippen molar-refractivity contribution < 1.29 is 5.11 Å². The summed E-state index contributed by atoms with van der Waals surface area (Å²) in [7, 11) is 0. The Balaban J connectivity index is 2.00. The summed E-state index contributed by atoms with van der Waals surface area (Å²) in [4.78, 5) is 0. The third kappa shape index (κ3) is 1.81. The molecule has 1 atom stereocenters. The first kappa shape index (κ1) is 12.4. The Hall–Kier alpha value is -0.0400. The summed E-state index contributed by atoms with van der Waals surface area (Å²) in [5.74, 6) is 1.09. The van der Waals surface area contributed by atoms with Gasteiger partial charge in [0.15, 0.2) is 0 Å². The average Bonchev–Trinajstić information content (AvgIpc) is 2.73. The van der Waals surface area contributed by atoms with Crippen LogP contribution in [-0.2, 0) is 0 Å². The van der Waals surface area contributed by atoms with Crippen molar-refractivity contribution in [3.63, 3.8) is 0 Å². The van der Waals surface area contributed by atoms with Gasteiger partial charge in [0.05, 0.1) is 6.10 Å². The van der Waals surface area contributed by atoms with Crippen LogP contribution < -0.4 is 0 Å². The zero-order valence-corrected chi connectivity index (χ0v) is 11.4. The summed E-state index contributed by atoms with van der Waals surface area (Å²) in [5.41, 5.74) is 0.664. The van der Waals surface area contributed by atoms with Crippen LogP contribution in [0.2, 0.25) is 0 Å². The normalized spacial score (nSPS) is 32.1. The van der Waals surface area contributed by atoms with E-state index in [4.69, 9.17) is 0 Å². The molecule has 0 saturated heterocycles. The van der Waals surface area contributed by atoms with E-state index in [0.717, 1.165) is 0 Å². The topological polar surface area (TPSA) is 20.2 Å². The fraction of sp³-hybridized carbons (Fsp3) is 1.00. The van der Waals surface area contributed by atoms with Gasteiger partial charge in [-0.1, -0.05) is 53.4 Å². The number of hydrogen-bond donors (Lipinski definition) is 1. The van der Waals surface area contributed by atoms with E-state index in [-0.39, 0.29) is 6.10 Å². The van der Waals surface area contributed by atoms with Gasteiger partial charge in [0, 0.05) is 0 Å². The minimum atomic E-state index is -0.0527. The molecule has 0 radical (unpaired) electrons. The Morgan fingerprint density at radius 1 is 0.875 bits per heavy atom. The quantitative estimate of drug-likeness (QED) is 0.703. The predicted octanol–water partition coefficient (Wildman–Crippen LogP) is 4.00. The van der Waals surface area contributed by atoms with Crippen LogP contribution in [0, 0.1) is 22.7 Å². The van der Waals surface area contributed by atoms with E-state index in [9.17, 15) is 5.11 Å². The summed E-state index contributed by atoms with van der Waals surface area (Å²) >= 11 is 0. The summed E-state index contributed by atoms with van der Waals surface area (Å²) < 4.78 is 0. The first-order valence-electron chi connectivity index (χ1n) is 7.07. The van der Waals surface area contributed by atoms with Gasteiger partial charge in [0.1, 0.15) is 0 Å². The molecule has 0 aromatic heterocycles. The molecular weight excluding hydrogens is 196 g/mol. The molecule has 0 heterocycles. The Kier molecular flexibility index (Phi) is 3.11. The molecular formula is C15H28O. The zero-order chi connectivity index (χ0) is 12.0. The molecule has 2 aliphatic carbocycles. The molecule has 2 aliphatic rings. The van der Waals surface area contributed by atoms with Crippen LogP contribution in [0.1, 0.15) is 66.2 Å². The molecule has 1 N–H and O–H groups in total. The third-order valence-electron chi connectivity index (χ3n) is 5.86. The molecule has 0 aromatic carbocycles. The smallest absolute Gasteiger partial charge is 0.0607 e. The summed E-state index contributed by atoms with van der Waals surface area (Å²) in [5, 5.41) is 10.6. The molecule has 1 unspecified atom stereocenters. The lowest BCUT2D eigenvalue weighted by Crippen LogP contribution is -2.25. The van der Waals surface area contributed by atoms with Crippen LogP contribution in [0.5, 0.6) is 0 Å². The van der Waals surface area contributed by atoms with Crippen molar-refractivity contribution in [2.45, 2.75) is 72.3 Å². The van der Waals surface area contributed by atoms with E-state index in [1.807, 2.05) is 0 Å². The van der Waals surface area contributed by atoms with Crippen LogP contribution in [0.3, 0.4) is 0 Å².